The van der Waals surface area contributed by atoms with Gasteiger partial charge in [0.2, 0.25) is 6.79 Å². The lowest BCUT2D eigenvalue weighted by atomic mass is 10.0. The van der Waals surface area contributed by atoms with Gasteiger partial charge in [0, 0.05) is 15.9 Å². The summed E-state index contributed by atoms with van der Waals surface area (Å²) >= 11 is 3.49. The standard InChI is InChI=1S/C13H16BrNO3/c1-8(14)13(2,3)15-12(16)9-4-5-10-11(6-9)18-7-17-10/h4-6,8H,7H2,1-3H3,(H,15,16). The summed E-state index contributed by atoms with van der Waals surface area (Å²) in [6.07, 6.45) is 0. The Morgan fingerprint density at radius 1 is 1.39 bits per heavy atom. The van der Waals surface area contributed by atoms with Gasteiger partial charge in [0.15, 0.2) is 11.5 Å². The number of rotatable bonds is 3. The molecule has 0 fully saturated rings. The average molecular weight is 314 g/mol. The fourth-order valence-electron chi connectivity index (χ4n) is 1.50. The molecule has 0 aromatic heterocycles. The van der Waals surface area contributed by atoms with Gasteiger partial charge in [-0.1, -0.05) is 22.9 Å². The monoisotopic (exact) mass is 313 g/mol. The molecule has 18 heavy (non-hydrogen) atoms. The van der Waals surface area contributed by atoms with Crippen molar-refractivity contribution in [1.29, 1.82) is 0 Å². The van der Waals surface area contributed by atoms with E-state index < -0.39 is 0 Å². The molecule has 0 radical (unpaired) electrons. The van der Waals surface area contributed by atoms with Crippen LogP contribution in [0.15, 0.2) is 18.2 Å². The van der Waals surface area contributed by atoms with E-state index in [9.17, 15) is 4.79 Å². The van der Waals surface area contributed by atoms with Crippen molar-refractivity contribution in [3.63, 3.8) is 0 Å². The van der Waals surface area contributed by atoms with E-state index in [0.717, 1.165) is 0 Å². The van der Waals surface area contributed by atoms with Crippen molar-refractivity contribution >= 4 is 21.8 Å². The van der Waals surface area contributed by atoms with Crippen molar-refractivity contribution in [3.05, 3.63) is 23.8 Å². The molecule has 4 nitrogen and oxygen atoms in total. The van der Waals surface area contributed by atoms with Crippen LogP contribution in [0, 0.1) is 0 Å². The van der Waals surface area contributed by atoms with Crippen molar-refractivity contribution < 1.29 is 14.3 Å². The first kappa shape index (κ1) is 13.2. The highest BCUT2D eigenvalue weighted by Gasteiger charge is 2.26. The van der Waals surface area contributed by atoms with Gasteiger partial charge >= 0.3 is 0 Å². The second kappa shape index (κ2) is 4.80. The Labute approximate surface area is 115 Å². The molecule has 1 amide bonds. The lowest BCUT2D eigenvalue weighted by molar-refractivity contribution is 0.0913. The van der Waals surface area contributed by atoms with E-state index in [4.69, 9.17) is 9.47 Å². The second-order valence-electron chi connectivity index (χ2n) is 4.86. The van der Waals surface area contributed by atoms with E-state index in [1.807, 2.05) is 20.8 Å². The number of carbonyl (C=O) groups is 1. The number of carbonyl (C=O) groups excluding carboxylic acids is 1. The number of hydrogen-bond donors (Lipinski definition) is 1. The Morgan fingerprint density at radius 2 is 2.06 bits per heavy atom. The molecule has 1 heterocycles. The SMILES string of the molecule is CC(Br)C(C)(C)NC(=O)c1ccc2c(c1)OCO2. The molecular weight excluding hydrogens is 298 g/mol. The zero-order valence-electron chi connectivity index (χ0n) is 10.6. The Bertz CT molecular complexity index is 471. The molecule has 1 N–H and O–H groups in total. The van der Waals surface area contributed by atoms with Gasteiger partial charge < -0.3 is 14.8 Å². The Kier molecular flexibility index (Phi) is 3.52. The van der Waals surface area contributed by atoms with Gasteiger partial charge in [-0.3, -0.25) is 4.79 Å². The van der Waals surface area contributed by atoms with Crippen molar-refractivity contribution in [2.24, 2.45) is 0 Å². The number of fused-ring (bicyclic) bond motifs is 1. The first-order chi connectivity index (χ1) is 8.40. The van der Waals surface area contributed by atoms with Crippen molar-refractivity contribution in [3.8, 4) is 11.5 Å². The average Bonchev–Trinajstić information content (AvgIpc) is 2.74. The number of amides is 1. The van der Waals surface area contributed by atoms with Gasteiger partial charge in [0.1, 0.15) is 0 Å². The van der Waals surface area contributed by atoms with Gasteiger partial charge in [-0.15, -0.1) is 0 Å². The fourth-order valence-corrected chi connectivity index (χ4v) is 1.62. The molecule has 1 atom stereocenters. The molecule has 0 spiro atoms. The molecule has 0 saturated carbocycles. The number of halogens is 1. The molecule has 1 aromatic carbocycles. The van der Waals surface area contributed by atoms with Crippen LogP contribution in [-0.2, 0) is 0 Å². The molecule has 0 saturated heterocycles. The largest absolute Gasteiger partial charge is 0.454 e. The predicted octanol–water partition coefficient (Wildman–Crippen LogP) is 2.71. The summed E-state index contributed by atoms with van der Waals surface area (Å²) in [5.74, 6) is 1.18. The zero-order valence-corrected chi connectivity index (χ0v) is 12.2. The lowest BCUT2D eigenvalue weighted by Crippen LogP contribution is -2.48. The molecule has 1 aliphatic rings. The summed E-state index contributed by atoms with van der Waals surface area (Å²) < 4.78 is 10.5. The van der Waals surface area contributed by atoms with Crippen LogP contribution in [-0.4, -0.2) is 23.1 Å². The number of nitrogens with one attached hydrogen (secondary N) is 1. The maximum absolute atomic E-state index is 12.1. The Balaban J connectivity index is 2.15. The van der Waals surface area contributed by atoms with Crippen LogP contribution < -0.4 is 14.8 Å². The highest BCUT2D eigenvalue weighted by molar-refractivity contribution is 9.09. The molecule has 1 aliphatic heterocycles. The van der Waals surface area contributed by atoms with E-state index in [2.05, 4.69) is 21.2 Å². The molecule has 1 aromatic rings. The fraction of sp³-hybridized carbons (Fsp3) is 0.462. The topological polar surface area (TPSA) is 47.6 Å². The first-order valence-electron chi connectivity index (χ1n) is 5.76. The van der Waals surface area contributed by atoms with Crippen LogP contribution in [0.5, 0.6) is 11.5 Å². The quantitative estimate of drug-likeness (QED) is 0.873. The third kappa shape index (κ3) is 2.61. The minimum absolute atomic E-state index is 0.121. The maximum Gasteiger partial charge on any atom is 0.251 e. The summed E-state index contributed by atoms with van der Waals surface area (Å²) in [5.41, 5.74) is 0.244. The van der Waals surface area contributed by atoms with E-state index in [0.29, 0.717) is 17.1 Å². The third-order valence-corrected chi connectivity index (χ3v) is 4.21. The van der Waals surface area contributed by atoms with Crippen LogP contribution >= 0.6 is 15.9 Å². The van der Waals surface area contributed by atoms with Gasteiger partial charge in [0.05, 0.1) is 0 Å². The van der Waals surface area contributed by atoms with Crippen LogP contribution in [0.1, 0.15) is 31.1 Å². The van der Waals surface area contributed by atoms with Crippen molar-refractivity contribution in [2.45, 2.75) is 31.1 Å². The summed E-state index contributed by atoms with van der Waals surface area (Å²) in [6, 6.07) is 5.19. The van der Waals surface area contributed by atoms with E-state index in [1.165, 1.54) is 0 Å². The highest BCUT2D eigenvalue weighted by atomic mass is 79.9. The molecule has 2 rings (SSSR count). The molecule has 0 aliphatic carbocycles. The minimum Gasteiger partial charge on any atom is -0.454 e. The number of ether oxygens (including phenoxy) is 2. The Hall–Kier alpha value is -1.23. The Morgan fingerprint density at radius 3 is 2.72 bits per heavy atom. The number of hydrogen-bond acceptors (Lipinski definition) is 3. The number of alkyl halides is 1. The normalized spacial score (nSPS) is 15.3. The van der Waals surface area contributed by atoms with Crippen LogP contribution in [0.4, 0.5) is 0 Å². The summed E-state index contributed by atoms with van der Waals surface area (Å²) in [4.78, 5) is 12.3. The summed E-state index contributed by atoms with van der Waals surface area (Å²) in [7, 11) is 0. The second-order valence-corrected chi connectivity index (χ2v) is 6.23. The molecule has 0 bridgehead atoms. The molecule has 5 heteroatoms. The number of benzene rings is 1. The first-order valence-corrected chi connectivity index (χ1v) is 6.68. The van der Waals surface area contributed by atoms with Crippen molar-refractivity contribution in [1.82, 2.24) is 5.32 Å². The maximum atomic E-state index is 12.1. The van der Waals surface area contributed by atoms with Crippen LogP contribution in [0.3, 0.4) is 0 Å². The van der Waals surface area contributed by atoms with E-state index >= 15 is 0 Å². The third-order valence-electron chi connectivity index (χ3n) is 3.06. The van der Waals surface area contributed by atoms with Gasteiger partial charge in [-0.25, -0.2) is 0 Å². The predicted molar refractivity (Wildman–Crippen MR) is 72.5 cm³/mol. The van der Waals surface area contributed by atoms with Crippen LogP contribution in [0.2, 0.25) is 0 Å². The minimum atomic E-state index is -0.326. The van der Waals surface area contributed by atoms with Crippen molar-refractivity contribution in [2.75, 3.05) is 6.79 Å². The molecular formula is C13H16BrNO3. The summed E-state index contributed by atoms with van der Waals surface area (Å²) in [6.45, 7) is 6.15. The highest BCUT2D eigenvalue weighted by Crippen LogP contribution is 2.32. The van der Waals surface area contributed by atoms with Gasteiger partial charge in [0.25, 0.3) is 5.91 Å². The lowest BCUT2D eigenvalue weighted by Gasteiger charge is -2.29. The zero-order chi connectivity index (χ0) is 13.3. The van der Waals surface area contributed by atoms with Gasteiger partial charge in [-0.2, -0.15) is 0 Å². The molecule has 1 unspecified atom stereocenters. The van der Waals surface area contributed by atoms with Crippen LogP contribution in [0.25, 0.3) is 0 Å². The smallest absolute Gasteiger partial charge is 0.251 e. The summed E-state index contributed by atoms with van der Waals surface area (Å²) in [5, 5.41) is 2.98. The van der Waals surface area contributed by atoms with E-state index in [-0.39, 0.29) is 23.1 Å². The van der Waals surface area contributed by atoms with Gasteiger partial charge in [-0.05, 0) is 32.0 Å². The molecule has 98 valence electrons. The van der Waals surface area contributed by atoms with E-state index in [1.54, 1.807) is 18.2 Å².